The molecular formula is C31H39N2O6+. The maximum atomic E-state index is 11.8. The van der Waals surface area contributed by atoms with Crippen LogP contribution < -0.4 is 4.74 Å². The van der Waals surface area contributed by atoms with Gasteiger partial charge in [0.05, 0.1) is 12.2 Å². The van der Waals surface area contributed by atoms with Gasteiger partial charge < -0.3 is 19.8 Å². The Balaban J connectivity index is 1.47. The van der Waals surface area contributed by atoms with Crippen LogP contribution in [-0.2, 0) is 22.4 Å². The van der Waals surface area contributed by atoms with Crippen LogP contribution in [0.4, 0.5) is 0 Å². The van der Waals surface area contributed by atoms with E-state index in [4.69, 9.17) is 9.84 Å². The molecule has 0 saturated carbocycles. The molecule has 1 aliphatic heterocycles. The van der Waals surface area contributed by atoms with Crippen LogP contribution in [0.2, 0.25) is 0 Å². The van der Waals surface area contributed by atoms with Crippen molar-refractivity contribution in [1.29, 1.82) is 0 Å². The van der Waals surface area contributed by atoms with E-state index in [0.717, 1.165) is 93.6 Å². The second-order valence-electron chi connectivity index (χ2n) is 10.4. The fourth-order valence-corrected chi connectivity index (χ4v) is 5.57. The van der Waals surface area contributed by atoms with Gasteiger partial charge in [-0.3, -0.25) is 9.59 Å². The number of ether oxygens (including phenoxy) is 1. The summed E-state index contributed by atoms with van der Waals surface area (Å²) in [5.41, 5.74) is 4.79. The van der Waals surface area contributed by atoms with Crippen LogP contribution >= 0.6 is 0 Å². The summed E-state index contributed by atoms with van der Waals surface area (Å²) in [6, 6.07) is 13.5. The number of aryl methyl sites for hydroxylation is 1. The van der Waals surface area contributed by atoms with Gasteiger partial charge in [0.2, 0.25) is 5.91 Å². The fraction of sp³-hybridized carbons (Fsp3) is 0.484. The van der Waals surface area contributed by atoms with E-state index in [1.807, 2.05) is 29.2 Å². The summed E-state index contributed by atoms with van der Waals surface area (Å²) in [5, 5.41) is 18.5. The number of unbranched alkanes of at least 4 members (excludes halogenated alkanes) is 1. The molecule has 208 valence electrons. The molecule has 2 aromatic carbocycles. The lowest BCUT2D eigenvalue weighted by molar-refractivity contribution is -0.528. The smallest absolute Gasteiger partial charge is 0.335 e. The number of benzene rings is 2. The van der Waals surface area contributed by atoms with Gasteiger partial charge in [0.25, 0.3) is 0 Å². The van der Waals surface area contributed by atoms with Crippen molar-refractivity contribution in [1.82, 2.24) is 4.90 Å². The minimum absolute atomic E-state index is 0.154. The first-order valence-electron chi connectivity index (χ1n) is 14.1. The molecule has 0 spiro atoms. The molecule has 8 heteroatoms. The number of nitrogens with zero attached hydrogens (tertiary/aromatic N) is 2. The predicted molar refractivity (Wildman–Crippen MR) is 148 cm³/mol. The van der Waals surface area contributed by atoms with Crippen LogP contribution in [0.5, 0.6) is 5.75 Å². The van der Waals surface area contributed by atoms with Gasteiger partial charge in [0.1, 0.15) is 18.8 Å². The quantitative estimate of drug-likeness (QED) is 0.274. The van der Waals surface area contributed by atoms with Gasteiger partial charge in [-0.1, -0.05) is 18.2 Å². The van der Waals surface area contributed by atoms with Gasteiger partial charge in [0.15, 0.2) is 5.71 Å². The van der Waals surface area contributed by atoms with Gasteiger partial charge in [-0.2, -0.15) is 0 Å². The summed E-state index contributed by atoms with van der Waals surface area (Å²) < 4.78 is 8.50. The van der Waals surface area contributed by atoms with Crippen molar-refractivity contribution in [3.63, 3.8) is 0 Å². The van der Waals surface area contributed by atoms with Crippen LogP contribution in [0.25, 0.3) is 0 Å². The summed E-state index contributed by atoms with van der Waals surface area (Å²) in [7, 11) is 0. The highest BCUT2D eigenvalue weighted by atomic mass is 16.5. The molecule has 0 bridgehead atoms. The van der Waals surface area contributed by atoms with E-state index in [1.165, 1.54) is 5.71 Å². The topological polar surface area (TPSA) is 107 Å². The lowest BCUT2D eigenvalue weighted by Gasteiger charge is -2.19. The largest absolute Gasteiger partial charge is 0.493 e. The lowest BCUT2D eigenvalue weighted by atomic mass is 9.88. The van der Waals surface area contributed by atoms with Crippen LogP contribution in [0, 0.1) is 0 Å². The molecule has 0 unspecified atom stereocenters. The number of rotatable bonds is 14. The second kappa shape index (κ2) is 13.9. The van der Waals surface area contributed by atoms with E-state index >= 15 is 0 Å². The van der Waals surface area contributed by atoms with E-state index < -0.39 is 11.9 Å². The molecule has 2 aliphatic rings. The Morgan fingerprint density at radius 3 is 2.56 bits per heavy atom. The Hall–Kier alpha value is -3.68. The molecule has 1 aliphatic carbocycles. The number of amides is 1. The third-order valence-electron chi connectivity index (χ3n) is 7.60. The zero-order chi connectivity index (χ0) is 27.6. The molecule has 2 N–H and O–H groups in total. The number of carbonyl (C=O) groups is 3. The zero-order valence-corrected chi connectivity index (χ0v) is 22.6. The first kappa shape index (κ1) is 28.3. The summed E-state index contributed by atoms with van der Waals surface area (Å²) in [5.74, 6) is -0.603. The van der Waals surface area contributed by atoms with Crippen molar-refractivity contribution in [2.45, 2.75) is 64.2 Å². The summed E-state index contributed by atoms with van der Waals surface area (Å²) >= 11 is 0. The molecule has 1 fully saturated rings. The molecular weight excluding hydrogens is 496 g/mol. The average Bonchev–Trinajstić information content (AvgIpc) is 3.34. The van der Waals surface area contributed by atoms with Crippen molar-refractivity contribution < 1.29 is 33.9 Å². The number of para-hydroxylation sites is 1. The molecule has 0 aromatic heterocycles. The number of likely N-dealkylation sites (tertiary alicyclic amines) is 1. The number of hydrogen-bond acceptors (Lipinski definition) is 4. The third-order valence-corrected chi connectivity index (χ3v) is 7.60. The van der Waals surface area contributed by atoms with Crippen LogP contribution in [-0.4, -0.2) is 76.0 Å². The monoisotopic (exact) mass is 535 g/mol. The van der Waals surface area contributed by atoms with Crippen molar-refractivity contribution in [2.24, 2.45) is 0 Å². The number of aromatic carboxylic acids is 1. The lowest BCUT2D eigenvalue weighted by Crippen LogP contribution is -2.29. The Bertz CT molecular complexity index is 1220. The molecule has 1 saturated heterocycles. The van der Waals surface area contributed by atoms with E-state index in [9.17, 15) is 19.5 Å². The number of hydrogen-bond donors (Lipinski definition) is 2. The maximum Gasteiger partial charge on any atom is 0.335 e. The van der Waals surface area contributed by atoms with Crippen LogP contribution in [0.1, 0.15) is 78.4 Å². The Labute approximate surface area is 229 Å². The molecule has 0 radical (unpaired) electrons. The SMILES string of the molecule is O=C(O)CCCC[N+](CCc1ccccc1OCCCN1CCCC1=O)=C1CCCc2cc(C(=O)O)ccc21. The summed E-state index contributed by atoms with van der Waals surface area (Å²) in [6.07, 6.45) is 7.42. The summed E-state index contributed by atoms with van der Waals surface area (Å²) in [6.45, 7) is 3.63. The van der Waals surface area contributed by atoms with Crippen molar-refractivity contribution >= 4 is 23.6 Å². The van der Waals surface area contributed by atoms with E-state index in [0.29, 0.717) is 25.0 Å². The number of carbonyl (C=O) groups excluding carboxylic acids is 1. The van der Waals surface area contributed by atoms with E-state index in [2.05, 4.69) is 10.6 Å². The van der Waals surface area contributed by atoms with Gasteiger partial charge in [-0.15, -0.1) is 0 Å². The van der Waals surface area contributed by atoms with E-state index in [-0.39, 0.29) is 12.3 Å². The minimum atomic E-state index is -0.918. The third kappa shape index (κ3) is 7.91. The maximum absolute atomic E-state index is 11.8. The number of fused-ring (bicyclic) bond motifs is 1. The molecule has 0 atom stereocenters. The Kier molecular flexibility index (Phi) is 10.1. The van der Waals surface area contributed by atoms with Crippen molar-refractivity contribution in [3.05, 3.63) is 64.7 Å². The Morgan fingerprint density at radius 1 is 0.949 bits per heavy atom. The first-order chi connectivity index (χ1) is 18.9. The fourth-order valence-electron chi connectivity index (χ4n) is 5.57. The molecule has 4 rings (SSSR count). The molecule has 8 nitrogen and oxygen atoms in total. The minimum Gasteiger partial charge on any atom is -0.493 e. The second-order valence-corrected chi connectivity index (χ2v) is 10.4. The van der Waals surface area contributed by atoms with Gasteiger partial charge in [-0.05, 0) is 61.9 Å². The number of carboxylic acids is 2. The molecule has 1 amide bonds. The van der Waals surface area contributed by atoms with Gasteiger partial charge in [0, 0.05) is 56.3 Å². The highest BCUT2D eigenvalue weighted by molar-refractivity contribution is 6.00. The zero-order valence-electron chi connectivity index (χ0n) is 22.6. The standard InChI is InChI=1S/C31H38N2O6/c34-29-12-6-18-33(29)19-7-21-39-28-11-2-1-8-23(28)16-20-32(17-4-3-13-30(35)36)27-10-5-9-24-22-25(31(37)38)14-15-26(24)27/h1-2,8,11,14-15,22H,3-7,9-10,12-13,16-21H2,(H-,35,36,37,38)/p+1. The van der Waals surface area contributed by atoms with Crippen LogP contribution in [0.15, 0.2) is 42.5 Å². The average molecular weight is 536 g/mol. The Morgan fingerprint density at radius 2 is 1.79 bits per heavy atom. The highest BCUT2D eigenvalue weighted by Crippen LogP contribution is 2.25. The molecule has 2 aromatic rings. The molecule has 1 heterocycles. The molecule has 39 heavy (non-hydrogen) atoms. The van der Waals surface area contributed by atoms with Crippen molar-refractivity contribution in [3.8, 4) is 5.75 Å². The predicted octanol–water partition coefficient (Wildman–Crippen LogP) is 4.41. The van der Waals surface area contributed by atoms with Crippen LogP contribution in [0.3, 0.4) is 0 Å². The van der Waals surface area contributed by atoms with Crippen molar-refractivity contribution in [2.75, 3.05) is 32.8 Å². The van der Waals surface area contributed by atoms with Gasteiger partial charge >= 0.3 is 11.9 Å². The number of aliphatic carboxylic acids is 1. The normalized spacial score (nSPS) is 16.2. The van der Waals surface area contributed by atoms with Gasteiger partial charge in [-0.25, -0.2) is 9.37 Å². The number of carboxylic acid groups (broad SMARTS) is 2. The van der Waals surface area contributed by atoms with E-state index in [1.54, 1.807) is 12.1 Å². The summed E-state index contributed by atoms with van der Waals surface area (Å²) in [4.78, 5) is 36.3. The first-order valence-corrected chi connectivity index (χ1v) is 14.1. The highest BCUT2D eigenvalue weighted by Gasteiger charge is 2.25.